The summed E-state index contributed by atoms with van der Waals surface area (Å²) < 4.78 is 0.581. The first-order valence-electron chi connectivity index (χ1n) is 9.72. The predicted molar refractivity (Wildman–Crippen MR) is 122 cm³/mol. The average molecular weight is 412 g/mol. The SMILES string of the molecule is Cc1c(-c2ccc(CC3SC(=S)NC3=O)cc2)cccc1N1CCC(N)CC1. The van der Waals surface area contributed by atoms with Gasteiger partial charge in [-0.25, -0.2) is 0 Å². The number of nitrogens with two attached hydrogens (primary N) is 1. The predicted octanol–water partition coefficient (Wildman–Crippen LogP) is 3.65. The molecule has 0 aromatic heterocycles. The van der Waals surface area contributed by atoms with Crippen LogP contribution in [0.25, 0.3) is 11.1 Å². The van der Waals surface area contributed by atoms with Crippen LogP contribution in [-0.4, -0.2) is 34.6 Å². The van der Waals surface area contributed by atoms with Gasteiger partial charge in [-0.3, -0.25) is 4.79 Å². The normalized spacial score (nSPS) is 20.5. The smallest absolute Gasteiger partial charge is 0.239 e. The lowest BCUT2D eigenvalue weighted by Gasteiger charge is -2.33. The van der Waals surface area contributed by atoms with E-state index in [1.54, 1.807) is 0 Å². The van der Waals surface area contributed by atoms with Crippen molar-refractivity contribution in [3.05, 3.63) is 53.6 Å². The number of benzene rings is 2. The zero-order chi connectivity index (χ0) is 19.7. The zero-order valence-corrected chi connectivity index (χ0v) is 17.6. The summed E-state index contributed by atoms with van der Waals surface area (Å²) in [6, 6.07) is 15.4. The lowest BCUT2D eigenvalue weighted by atomic mass is 9.96. The molecule has 0 spiro atoms. The van der Waals surface area contributed by atoms with Crippen molar-refractivity contribution in [1.29, 1.82) is 0 Å². The molecule has 0 saturated carbocycles. The molecule has 2 saturated heterocycles. The van der Waals surface area contributed by atoms with E-state index in [0.29, 0.717) is 16.8 Å². The van der Waals surface area contributed by atoms with E-state index in [1.807, 2.05) is 0 Å². The summed E-state index contributed by atoms with van der Waals surface area (Å²) in [6.45, 7) is 4.24. The Labute approximate surface area is 175 Å². The number of carbonyl (C=O) groups is 1. The Morgan fingerprint density at radius 1 is 1.18 bits per heavy atom. The summed E-state index contributed by atoms with van der Waals surface area (Å²) in [5, 5.41) is 2.60. The molecule has 28 heavy (non-hydrogen) atoms. The van der Waals surface area contributed by atoms with Crippen LogP contribution in [0.15, 0.2) is 42.5 Å². The number of nitrogens with one attached hydrogen (secondary N) is 1. The topological polar surface area (TPSA) is 58.4 Å². The molecule has 0 bridgehead atoms. The molecule has 1 atom stereocenters. The maximum atomic E-state index is 11.9. The number of hydrogen-bond donors (Lipinski definition) is 2. The van der Waals surface area contributed by atoms with Gasteiger partial charge in [0.2, 0.25) is 5.91 Å². The number of rotatable bonds is 4. The second-order valence-corrected chi connectivity index (χ2v) is 9.44. The molecule has 2 aromatic rings. The highest BCUT2D eigenvalue weighted by Crippen LogP contribution is 2.32. The highest BCUT2D eigenvalue weighted by atomic mass is 32.2. The van der Waals surface area contributed by atoms with E-state index >= 15 is 0 Å². The Bertz CT molecular complexity index is 889. The van der Waals surface area contributed by atoms with Crippen LogP contribution in [0.1, 0.15) is 24.0 Å². The molecule has 2 aromatic carbocycles. The summed E-state index contributed by atoms with van der Waals surface area (Å²) in [5.41, 5.74) is 12.3. The summed E-state index contributed by atoms with van der Waals surface area (Å²) in [4.78, 5) is 14.4. The monoisotopic (exact) mass is 411 g/mol. The van der Waals surface area contributed by atoms with Gasteiger partial charge in [0.25, 0.3) is 0 Å². The Morgan fingerprint density at radius 3 is 2.54 bits per heavy atom. The molecule has 2 aliphatic rings. The molecule has 1 amide bonds. The molecule has 146 valence electrons. The number of nitrogens with zero attached hydrogens (tertiary/aromatic N) is 1. The molecule has 6 heteroatoms. The van der Waals surface area contributed by atoms with Crippen LogP contribution < -0.4 is 16.0 Å². The maximum Gasteiger partial charge on any atom is 0.239 e. The Kier molecular flexibility index (Phi) is 5.71. The first-order valence-corrected chi connectivity index (χ1v) is 11.0. The number of anilines is 1. The van der Waals surface area contributed by atoms with Crippen molar-refractivity contribution in [2.45, 2.75) is 37.5 Å². The van der Waals surface area contributed by atoms with Crippen molar-refractivity contribution < 1.29 is 4.79 Å². The van der Waals surface area contributed by atoms with Crippen molar-refractivity contribution >= 4 is 39.9 Å². The molecule has 2 heterocycles. The van der Waals surface area contributed by atoms with E-state index in [9.17, 15) is 4.79 Å². The maximum absolute atomic E-state index is 11.9. The largest absolute Gasteiger partial charge is 0.371 e. The standard InChI is InChI=1S/C22H25N3OS2/c1-14-18(3-2-4-19(14)25-11-9-17(23)10-12-25)16-7-5-15(6-8-16)13-20-21(26)24-22(27)28-20/h2-8,17,20H,9-13,23H2,1H3,(H,24,26,27). The third kappa shape index (κ3) is 4.09. The average Bonchev–Trinajstić information content (AvgIpc) is 3.00. The number of thioether (sulfide) groups is 1. The molecule has 4 nitrogen and oxygen atoms in total. The highest BCUT2D eigenvalue weighted by molar-refractivity contribution is 8.24. The molecule has 0 aliphatic carbocycles. The van der Waals surface area contributed by atoms with Crippen molar-refractivity contribution in [3.63, 3.8) is 0 Å². The van der Waals surface area contributed by atoms with Crippen LogP contribution in [0.2, 0.25) is 0 Å². The van der Waals surface area contributed by atoms with Crippen molar-refractivity contribution in [3.8, 4) is 11.1 Å². The van der Waals surface area contributed by atoms with E-state index in [1.165, 1.54) is 34.1 Å². The van der Waals surface area contributed by atoms with E-state index in [-0.39, 0.29) is 11.2 Å². The number of thiocarbonyl (C=S) groups is 1. The van der Waals surface area contributed by atoms with Crippen LogP contribution in [0.4, 0.5) is 5.69 Å². The highest BCUT2D eigenvalue weighted by Gasteiger charge is 2.29. The summed E-state index contributed by atoms with van der Waals surface area (Å²) in [7, 11) is 0. The first kappa shape index (κ1) is 19.4. The summed E-state index contributed by atoms with van der Waals surface area (Å²) in [6.07, 6.45) is 2.80. The van der Waals surface area contributed by atoms with E-state index in [4.69, 9.17) is 18.0 Å². The zero-order valence-electron chi connectivity index (χ0n) is 16.0. The van der Waals surface area contributed by atoms with E-state index < -0.39 is 0 Å². The molecule has 1 unspecified atom stereocenters. The van der Waals surface area contributed by atoms with Crippen LogP contribution >= 0.6 is 24.0 Å². The number of carbonyl (C=O) groups excluding carboxylic acids is 1. The van der Waals surface area contributed by atoms with E-state index in [0.717, 1.165) is 31.5 Å². The Balaban J connectivity index is 1.52. The molecular weight excluding hydrogens is 386 g/mol. The molecule has 0 radical (unpaired) electrons. The fourth-order valence-electron chi connectivity index (χ4n) is 3.98. The van der Waals surface area contributed by atoms with Gasteiger partial charge in [0.15, 0.2) is 0 Å². The summed E-state index contributed by atoms with van der Waals surface area (Å²) in [5.74, 6) is 0.0175. The second-order valence-electron chi connectivity index (χ2n) is 7.56. The molecule has 2 fully saturated rings. The Hall–Kier alpha value is -1.89. The third-order valence-electron chi connectivity index (χ3n) is 5.64. The third-order valence-corrected chi connectivity index (χ3v) is 7.01. The van der Waals surface area contributed by atoms with Gasteiger partial charge in [0, 0.05) is 24.8 Å². The van der Waals surface area contributed by atoms with Crippen LogP contribution in [0, 0.1) is 6.92 Å². The second kappa shape index (κ2) is 8.23. The minimum atomic E-state index is -0.117. The lowest BCUT2D eigenvalue weighted by Crippen LogP contribution is -2.40. The van der Waals surface area contributed by atoms with Crippen LogP contribution in [0.5, 0.6) is 0 Å². The van der Waals surface area contributed by atoms with E-state index in [2.05, 4.69) is 59.6 Å². The molecule has 2 aliphatic heterocycles. The van der Waals surface area contributed by atoms with Gasteiger partial charge in [-0.05, 0) is 54.5 Å². The first-order chi connectivity index (χ1) is 13.5. The minimum Gasteiger partial charge on any atom is -0.371 e. The Morgan fingerprint density at radius 2 is 1.89 bits per heavy atom. The van der Waals surface area contributed by atoms with Gasteiger partial charge in [0.1, 0.15) is 4.32 Å². The fraction of sp³-hybridized carbons (Fsp3) is 0.364. The molecule has 3 N–H and O–H groups in total. The number of hydrogen-bond acceptors (Lipinski definition) is 5. The number of piperidine rings is 1. The molecule has 4 rings (SSSR count). The van der Waals surface area contributed by atoms with Crippen molar-refractivity contribution in [2.75, 3.05) is 18.0 Å². The van der Waals surface area contributed by atoms with Gasteiger partial charge in [-0.15, -0.1) is 0 Å². The van der Waals surface area contributed by atoms with Crippen molar-refractivity contribution in [1.82, 2.24) is 5.32 Å². The fourth-order valence-corrected chi connectivity index (χ4v) is 5.29. The van der Waals surface area contributed by atoms with Crippen molar-refractivity contribution in [2.24, 2.45) is 5.73 Å². The quantitative estimate of drug-likeness (QED) is 0.752. The van der Waals surface area contributed by atoms with Crippen LogP contribution in [-0.2, 0) is 11.2 Å². The van der Waals surface area contributed by atoms with Gasteiger partial charge < -0.3 is 16.0 Å². The molecular formula is C22H25N3OS2. The number of amides is 1. The van der Waals surface area contributed by atoms with Gasteiger partial charge >= 0.3 is 0 Å². The summed E-state index contributed by atoms with van der Waals surface area (Å²) >= 11 is 6.53. The van der Waals surface area contributed by atoms with Crippen LogP contribution in [0.3, 0.4) is 0 Å². The van der Waals surface area contributed by atoms with Gasteiger partial charge in [-0.1, -0.05) is 60.4 Å². The lowest BCUT2D eigenvalue weighted by molar-refractivity contribution is -0.118. The minimum absolute atomic E-state index is 0.0175. The van der Waals surface area contributed by atoms with Gasteiger partial charge in [0.05, 0.1) is 5.25 Å². The van der Waals surface area contributed by atoms with Gasteiger partial charge in [-0.2, -0.15) is 0 Å².